The maximum Gasteiger partial charge on any atom is 0.336 e. The van der Waals surface area contributed by atoms with Gasteiger partial charge in [0, 0.05) is 11.5 Å². The Kier molecular flexibility index (Phi) is 4.24. The molecule has 1 saturated heterocycles. The van der Waals surface area contributed by atoms with Gasteiger partial charge in [-0.05, 0) is 60.9 Å². The second kappa shape index (κ2) is 6.83. The van der Waals surface area contributed by atoms with Gasteiger partial charge < -0.3 is 9.73 Å². The summed E-state index contributed by atoms with van der Waals surface area (Å²) >= 11 is 0. The van der Waals surface area contributed by atoms with Gasteiger partial charge in [0.1, 0.15) is 11.1 Å². The molecule has 0 saturated carbocycles. The van der Waals surface area contributed by atoms with Crippen molar-refractivity contribution in [1.29, 1.82) is 0 Å². The number of hydrogen-bond donors (Lipinski definition) is 1. The number of rotatable bonds is 2. The zero-order valence-electron chi connectivity index (χ0n) is 16.7. The van der Waals surface area contributed by atoms with E-state index < -0.39 is 17.2 Å². The molecule has 152 valence electrons. The van der Waals surface area contributed by atoms with E-state index in [1.807, 2.05) is 43.3 Å². The van der Waals surface area contributed by atoms with Crippen LogP contribution < -0.4 is 10.9 Å². The molecule has 0 radical (unpaired) electrons. The highest BCUT2D eigenvalue weighted by molar-refractivity contribution is 6.07. The van der Waals surface area contributed by atoms with Crippen molar-refractivity contribution in [2.45, 2.75) is 44.7 Å². The van der Waals surface area contributed by atoms with Gasteiger partial charge in [0.05, 0.1) is 6.54 Å². The summed E-state index contributed by atoms with van der Waals surface area (Å²) in [5, 5.41) is 3.72. The van der Waals surface area contributed by atoms with Crippen molar-refractivity contribution in [3.05, 3.63) is 81.2 Å². The summed E-state index contributed by atoms with van der Waals surface area (Å²) in [5.41, 5.74) is 2.48. The van der Waals surface area contributed by atoms with Crippen LogP contribution >= 0.6 is 0 Å². The van der Waals surface area contributed by atoms with Gasteiger partial charge in [0.2, 0.25) is 0 Å². The Hall–Kier alpha value is -3.41. The Morgan fingerprint density at radius 2 is 1.90 bits per heavy atom. The van der Waals surface area contributed by atoms with Gasteiger partial charge in [-0.25, -0.2) is 9.59 Å². The van der Waals surface area contributed by atoms with Crippen LogP contribution in [0.15, 0.2) is 57.7 Å². The molecule has 1 spiro atoms. The second-order valence-corrected chi connectivity index (χ2v) is 8.18. The van der Waals surface area contributed by atoms with E-state index >= 15 is 0 Å². The van der Waals surface area contributed by atoms with E-state index in [1.54, 1.807) is 6.07 Å². The van der Waals surface area contributed by atoms with E-state index in [2.05, 4.69) is 5.32 Å². The summed E-state index contributed by atoms with van der Waals surface area (Å²) < 4.78 is 5.31. The number of urea groups is 1. The van der Waals surface area contributed by atoms with Gasteiger partial charge in [-0.2, -0.15) is 0 Å². The molecule has 1 aliphatic heterocycles. The molecule has 1 atom stereocenters. The number of carbonyl (C=O) groups excluding carboxylic acids is 2. The molecular weight excluding hydrogens is 380 g/mol. The molecule has 3 amide bonds. The lowest BCUT2D eigenvalue weighted by Crippen LogP contribution is -2.44. The highest BCUT2D eigenvalue weighted by atomic mass is 16.4. The third-order valence-corrected chi connectivity index (χ3v) is 6.21. The predicted molar refractivity (Wildman–Crippen MR) is 112 cm³/mol. The van der Waals surface area contributed by atoms with E-state index in [0.717, 1.165) is 41.3 Å². The first-order chi connectivity index (χ1) is 14.5. The van der Waals surface area contributed by atoms with Crippen molar-refractivity contribution in [3.63, 3.8) is 0 Å². The minimum absolute atomic E-state index is 0.0275. The largest absolute Gasteiger partial charge is 0.423 e. The number of nitrogens with one attached hydrogen (secondary N) is 1. The van der Waals surface area contributed by atoms with Crippen LogP contribution in [0.25, 0.3) is 11.0 Å². The molecular formula is C24H22N2O4. The van der Waals surface area contributed by atoms with E-state index in [1.165, 1.54) is 11.0 Å². The van der Waals surface area contributed by atoms with Crippen LogP contribution in [0.1, 0.15) is 41.5 Å². The van der Waals surface area contributed by atoms with E-state index in [9.17, 15) is 14.4 Å². The SMILES string of the molecule is Cc1ccc2c(CN3C(=O)NC4(CCCCc5ccccc54)C3=O)cc(=O)oc2c1. The summed E-state index contributed by atoms with van der Waals surface area (Å²) in [4.78, 5) is 39.9. The second-order valence-electron chi connectivity index (χ2n) is 8.18. The van der Waals surface area contributed by atoms with Crippen LogP contribution in [-0.4, -0.2) is 16.8 Å². The average Bonchev–Trinajstić information content (AvgIpc) is 2.86. The van der Waals surface area contributed by atoms with E-state index in [0.29, 0.717) is 17.6 Å². The molecule has 6 nitrogen and oxygen atoms in total. The Balaban J connectivity index is 1.57. The number of benzene rings is 2. The lowest BCUT2D eigenvalue weighted by atomic mass is 9.84. The molecule has 2 aromatic carbocycles. The molecule has 1 fully saturated rings. The quantitative estimate of drug-likeness (QED) is 0.523. The van der Waals surface area contributed by atoms with Crippen LogP contribution in [0.4, 0.5) is 4.79 Å². The zero-order chi connectivity index (χ0) is 20.9. The van der Waals surface area contributed by atoms with Crippen LogP contribution in [0.3, 0.4) is 0 Å². The van der Waals surface area contributed by atoms with E-state index in [4.69, 9.17) is 4.42 Å². The number of imide groups is 1. The molecule has 1 N–H and O–H groups in total. The summed E-state index contributed by atoms with van der Waals surface area (Å²) in [6.07, 6.45) is 3.30. The minimum atomic E-state index is -1.03. The summed E-state index contributed by atoms with van der Waals surface area (Å²) in [6, 6.07) is 14.4. The number of aryl methyl sites for hydroxylation is 2. The van der Waals surface area contributed by atoms with E-state index in [-0.39, 0.29) is 12.5 Å². The fourth-order valence-corrected chi connectivity index (χ4v) is 4.75. The maximum atomic E-state index is 13.6. The van der Waals surface area contributed by atoms with Gasteiger partial charge in [-0.1, -0.05) is 36.4 Å². The molecule has 2 aliphatic rings. The Labute approximate surface area is 173 Å². The lowest BCUT2D eigenvalue weighted by molar-refractivity contribution is -0.132. The summed E-state index contributed by atoms with van der Waals surface area (Å²) in [6.45, 7) is 1.94. The van der Waals surface area contributed by atoms with Crippen molar-refractivity contribution < 1.29 is 14.0 Å². The standard InChI is InChI=1S/C24H22N2O4/c1-15-9-10-18-17(13-21(27)30-20(18)12-15)14-26-22(28)24(25-23(26)29)11-5-4-7-16-6-2-3-8-19(16)24/h2-3,6,8-10,12-13H,4-5,7,11,14H2,1H3,(H,25,29). The number of nitrogens with zero attached hydrogens (tertiary/aromatic N) is 1. The monoisotopic (exact) mass is 402 g/mol. The summed E-state index contributed by atoms with van der Waals surface area (Å²) in [5.74, 6) is -0.254. The van der Waals surface area contributed by atoms with Gasteiger partial charge >= 0.3 is 11.7 Å². The topological polar surface area (TPSA) is 79.6 Å². The Morgan fingerprint density at radius 3 is 2.77 bits per heavy atom. The highest BCUT2D eigenvalue weighted by Crippen LogP contribution is 2.39. The number of hydrogen-bond acceptors (Lipinski definition) is 4. The number of amides is 3. The predicted octanol–water partition coefficient (Wildman–Crippen LogP) is 3.78. The summed E-state index contributed by atoms with van der Waals surface area (Å²) in [7, 11) is 0. The van der Waals surface area contributed by atoms with Crippen molar-refractivity contribution in [2.24, 2.45) is 0 Å². The molecule has 30 heavy (non-hydrogen) atoms. The Bertz CT molecular complexity index is 1250. The third kappa shape index (κ3) is 2.83. The average molecular weight is 402 g/mol. The van der Waals surface area contributed by atoms with Crippen LogP contribution in [0.2, 0.25) is 0 Å². The molecule has 3 aromatic rings. The molecule has 1 aliphatic carbocycles. The lowest BCUT2D eigenvalue weighted by Gasteiger charge is -2.27. The van der Waals surface area contributed by atoms with Crippen LogP contribution in [-0.2, 0) is 23.3 Å². The smallest absolute Gasteiger partial charge is 0.336 e. The molecule has 0 bridgehead atoms. The fraction of sp³-hybridized carbons (Fsp3) is 0.292. The molecule has 1 aromatic heterocycles. The zero-order valence-corrected chi connectivity index (χ0v) is 16.7. The molecule has 1 unspecified atom stereocenters. The Morgan fingerprint density at radius 1 is 1.07 bits per heavy atom. The molecule has 5 rings (SSSR count). The molecule has 6 heteroatoms. The number of fused-ring (bicyclic) bond motifs is 3. The van der Waals surface area contributed by atoms with Gasteiger partial charge in [0.25, 0.3) is 5.91 Å². The maximum absolute atomic E-state index is 13.6. The van der Waals surface area contributed by atoms with Crippen molar-refractivity contribution in [2.75, 3.05) is 0 Å². The number of carbonyl (C=O) groups is 2. The van der Waals surface area contributed by atoms with Gasteiger partial charge in [-0.15, -0.1) is 0 Å². The first-order valence-electron chi connectivity index (χ1n) is 10.2. The molecule has 2 heterocycles. The van der Waals surface area contributed by atoms with Crippen LogP contribution in [0, 0.1) is 6.92 Å². The third-order valence-electron chi connectivity index (χ3n) is 6.21. The van der Waals surface area contributed by atoms with Crippen molar-refractivity contribution >= 4 is 22.9 Å². The van der Waals surface area contributed by atoms with Gasteiger partial charge in [0.15, 0.2) is 0 Å². The fourth-order valence-electron chi connectivity index (χ4n) is 4.75. The van der Waals surface area contributed by atoms with Crippen LogP contribution in [0.5, 0.6) is 0 Å². The highest BCUT2D eigenvalue weighted by Gasteiger charge is 2.53. The normalized spacial score (nSPS) is 21.0. The van der Waals surface area contributed by atoms with Gasteiger partial charge in [-0.3, -0.25) is 9.69 Å². The first-order valence-corrected chi connectivity index (χ1v) is 10.2. The van der Waals surface area contributed by atoms with Crippen molar-refractivity contribution in [1.82, 2.24) is 10.2 Å². The minimum Gasteiger partial charge on any atom is -0.423 e. The van der Waals surface area contributed by atoms with Crippen molar-refractivity contribution in [3.8, 4) is 0 Å². The first kappa shape index (κ1) is 18.6.